The molecule has 0 bridgehead atoms. The van der Waals surface area contributed by atoms with E-state index in [-0.39, 0.29) is 5.63 Å². The Morgan fingerprint density at radius 3 is 3.00 bits per heavy atom. The van der Waals surface area contributed by atoms with Gasteiger partial charge in [0.1, 0.15) is 17.9 Å². The minimum atomic E-state index is -0.372. The third kappa shape index (κ3) is 2.80. The highest BCUT2D eigenvalue weighted by Crippen LogP contribution is 2.19. The number of hydrogen-bond donors (Lipinski definition) is 0. The lowest BCUT2D eigenvalue weighted by Crippen LogP contribution is -1.96. The second-order valence-electron chi connectivity index (χ2n) is 3.80. The molecule has 2 rings (SSSR count). The van der Waals surface area contributed by atoms with Crippen molar-refractivity contribution in [3.63, 3.8) is 0 Å². The number of ether oxygens (including phenoxy) is 1. The zero-order valence-corrected chi connectivity index (χ0v) is 9.97. The molecule has 2 aromatic rings. The van der Waals surface area contributed by atoms with Gasteiger partial charge in [-0.1, -0.05) is 5.92 Å². The second kappa shape index (κ2) is 5.24. The normalized spacial score (nSPS) is 11.2. The summed E-state index contributed by atoms with van der Waals surface area (Å²) in [5.41, 5.74) is 0.961. The maximum Gasteiger partial charge on any atom is 0.336 e. The van der Waals surface area contributed by atoms with E-state index < -0.39 is 0 Å². The van der Waals surface area contributed by atoms with Crippen molar-refractivity contribution in [2.75, 3.05) is 6.61 Å². The predicted molar refractivity (Wildman–Crippen MR) is 70.6 cm³/mol. The number of allylic oxidation sites excluding steroid dienone is 1. The van der Waals surface area contributed by atoms with Gasteiger partial charge in [-0.25, -0.2) is 4.79 Å². The molecule has 0 fully saturated rings. The van der Waals surface area contributed by atoms with Crippen LogP contribution in [0.1, 0.15) is 6.92 Å². The zero-order chi connectivity index (χ0) is 13.0. The maximum atomic E-state index is 11.1. The first kappa shape index (κ1) is 12.0. The summed E-state index contributed by atoms with van der Waals surface area (Å²) in [5, 5.41) is 0.859. The first-order valence-electron chi connectivity index (χ1n) is 5.49. The van der Waals surface area contributed by atoms with E-state index >= 15 is 0 Å². The lowest BCUT2D eigenvalue weighted by atomic mass is 10.2. The van der Waals surface area contributed by atoms with Crippen molar-refractivity contribution >= 4 is 11.0 Å². The molecule has 3 nitrogen and oxygen atoms in total. The largest absolute Gasteiger partial charge is 0.489 e. The first-order valence-corrected chi connectivity index (χ1v) is 5.49. The highest BCUT2D eigenvalue weighted by molar-refractivity contribution is 5.77. The Bertz CT molecular complexity index is 687. The molecule has 0 atom stereocenters. The van der Waals surface area contributed by atoms with Gasteiger partial charge < -0.3 is 9.15 Å². The predicted octanol–water partition coefficient (Wildman–Crippen LogP) is 2.75. The van der Waals surface area contributed by atoms with Crippen LogP contribution in [-0.4, -0.2) is 6.61 Å². The zero-order valence-electron chi connectivity index (χ0n) is 9.97. The van der Waals surface area contributed by atoms with Crippen LogP contribution in [0.2, 0.25) is 0 Å². The van der Waals surface area contributed by atoms with Crippen molar-refractivity contribution in [2.24, 2.45) is 0 Å². The fourth-order valence-corrected chi connectivity index (χ4v) is 1.45. The average Bonchev–Trinajstić information content (AvgIpc) is 2.38. The molecule has 0 radical (unpaired) electrons. The molecule has 0 aliphatic carbocycles. The summed E-state index contributed by atoms with van der Waals surface area (Å²) >= 11 is 0. The topological polar surface area (TPSA) is 39.4 Å². The minimum absolute atomic E-state index is 0.372. The number of fused-ring (bicyclic) bond motifs is 1. The van der Waals surface area contributed by atoms with Crippen molar-refractivity contribution in [3.8, 4) is 18.1 Å². The molecule has 3 heteroatoms. The van der Waals surface area contributed by atoms with Gasteiger partial charge in [0.25, 0.3) is 0 Å². The smallest absolute Gasteiger partial charge is 0.336 e. The Morgan fingerprint density at radius 2 is 2.22 bits per heavy atom. The van der Waals surface area contributed by atoms with Gasteiger partial charge in [-0.15, -0.1) is 6.42 Å². The SMILES string of the molecule is C#C/C(C)=C/COc1ccc2ccc(=O)oc2c1. The van der Waals surface area contributed by atoms with E-state index in [1.54, 1.807) is 12.1 Å². The van der Waals surface area contributed by atoms with Gasteiger partial charge in [0.05, 0.1) is 0 Å². The summed E-state index contributed by atoms with van der Waals surface area (Å²) in [6.45, 7) is 2.22. The monoisotopic (exact) mass is 240 g/mol. The molecular weight excluding hydrogens is 228 g/mol. The van der Waals surface area contributed by atoms with Crippen molar-refractivity contribution in [3.05, 3.63) is 52.4 Å². The van der Waals surface area contributed by atoms with Gasteiger partial charge in [-0.2, -0.15) is 0 Å². The quantitative estimate of drug-likeness (QED) is 0.611. The van der Waals surface area contributed by atoms with Gasteiger partial charge in [0, 0.05) is 17.5 Å². The standard InChI is InChI=1S/C15H12O3/c1-3-11(2)8-9-17-13-6-4-12-5-7-15(16)18-14(12)10-13/h1,4-8,10H,9H2,2H3/b11-8+. The first-order chi connectivity index (χ1) is 8.69. The van der Waals surface area contributed by atoms with Gasteiger partial charge in [0.2, 0.25) is 0 Å². The van der Waals surface area contributed by atoms with Crippen LogP contribution in [0.25, 0.3) is 11.0 Å². The highest BCUT2D eigenvalue weighted by Gasteiger charge is 1.99. The minimum Gasteiger partial charge on any atom is -0.489 e. The van der Waals surface area contributed by atoms with E-state index in [0.29, 0.717) is 17.9 Å². The van der Waals surface area contributed by atoms with E-state index in [2.05, 4.69) is 5.92 Å². The lowest BCUT2D eigenvalue weighted by molar-refractivity contribution is 0.362. The number of rotatable bonds is 3. The molecule has 18 heavy (non-hydrogen) atoms. The molecule has 1 aromatic carbocycles. The molecule has 0 aliphatic heterocycles. The molecule has 0 unspecified atom stereocenters. The van der Waals surface area contributed by atoms with Crippen LogP contribution in [0.3, 0.4) is 0 Å². The van der Waals surface area contributed by atoms with Crippen molar-refractivity contribution in [1.29, 1.82) is 0 Å². The van der Waals surface area contributed by atoms with E-state index in [4.69, 9.17) is 15.6 Å². The van der Waals surface area contributed by atoms with Gasteiger partial charge in [-0.05, 0) is 36.8 Å². The third-order valence-electron chi connectivity index (χ3n) is 2.46. The molecule has 1 heterocycles. The molecule has 1 aromatic heterocycles. The van der Waals surface area contributed by atoms with Gasteiger partial charge in [0.15, 0.2) is 0 Å². The number of hydrogen-bond acceptors (Lipinski definition) is 3. The van der Waals surface area contributed by atoms with Gasteiger partial charge in [-0.3, -0.25) is 0 Å². The number of terminal acetylenes is 1. The van der Waals surface area contributed by atoms with Crippen molar-refractivity contribution in [1.82, 2.24) is 0 Å². The third-order valence-corrected chi connectivity index (χ3v) is 2.46. The fraction of sp³-hybridized carbons (Fsp3) is 0.133. The molecule has 0 N–H and O–H groups in total. The highest BCUT2D eigenvalue weighted by atomic mass is 16.5. The van der Waals surface area contributed by atoms with Crippen LogP contribution in [0.5, 0.6) is 5.75 Å². The molecule has 90 valence electrons. The van der Waals surface area contributed by atoms with Crippen LogP contribution < -0.4 is 10.4 Å². The van der Waals surface area contributed by atoms with E-state index in [9.17, 15) is 4.79 Å². The van der Waals surface area contributed by atoms with Gasteiger partial charge >= 0.3 is 5.63 Å². The van der Waals surface area contributed by atoms with Crippen LogP contribution in [-0.2, 0) is 0 Å². The molecule has 0 saturated heterocycles. The number of benzene rings is 1. The second-order valence-corrected chi connectivity index (χ2v) is 3.80. The Balaban J connectivity index is 2.20. The van der Waals surface area contributed by atoms with E-state index in [1.165, 1.54) is 6.07 Å². The molecule has 0 aliphatic rings. The summed E-state index contributed by atoms with van der Waals surface area (Å²) in [5.74, 6) is 3.15. The Morgan fingerprint density at radius 1 is 1.44 bits per heavy atom. The Labute approximate surface area is 105 Å². The molecule has 0 amide bonds. The summed E-state index contributed by atoms with van der Waals surface area (Å²) < 4.78 is 10.6. The van der Waals surface area contributed by atoms with Crippen LogP contribution >= 0.6 is 0 Å². The Hall–Kier alpha value is -2.47. The summed E-state index contributed by atoms with van der Waals surface area (Å²) in [6.07, 6.45) is 7.03. The van der Waals surface area contributed by atoms with Crippen molar-refractivity contribution in [2.45, 2.75) is 6.92 Å². The average molecular weight is 240 g/mol. The van der Waals surface area contributed by atoms with E-state index in [0.717, 1.165) is 11.0 Å². The van der Waals surface area contributed by atoms with Crippen LogP contribution in [0.4, 0.5) is 0 Å². The molecule has 0 saturated carbocycles. The van der Waals surface area contributed by atoms with Crippen LogP contribution in [0.15, 0.2) is 51.2 Å². The molecule has 0 spiro atoms. The molecular formula is C15H12O3. The van der Waals surface area contributed by atoms with Crippen molar-refractivity contribution < 1.29 is 9.15 Å². The lowest BCUT2D eigenvalue weighted by Gasteiger charge is -2.04. The summed E-state index contributed by atoms with van der Waals surface area (Å²) in [6, 6.07) is 8.46. The Kier molecular flexibility index (Phi) is 3.49. The fourth-order valence-electron chi connectivity index (χ4n) is 1.45. The summed E-state index contributed by atoms with van der Waals surface area (Å²) in [4.78, 5) is 11.1. The van der Waals surface area contributed by atoms with Crippen LogP contribution in [0, 0.1) is 12.3 Å². The summed E-state index contributed by atoms with van der Waals surface area (Å²) in [7, 11) is 0. The van der Waals surface area contributed by atoms with E-state index in [1.807, 2.05) is 25.1 Å². The maximum absolute atomic E-state index is 11.1.